The van der Waals surface area contributed by atoms with Crippen LogP contribution in [0, 0.1) is 5.92 Å². The first-order chi connectivity index (χ1) is 7.95. The van der Waals surface area contributed by atoms with Crippen molar-refractivity contribution >= 4 is 17.8 Å². The van der Waals surface area contributed by atoms with Crippen LogP contribution in [0.1, 0.15) is 18.6 Å². The van der Waals surface area contributed by atoms with E-state index in [9.17, 15) is 0 Å². The highest BCUT2D eigenvalue weighted by Gasteiger charge is 2.20. The SMILES string of the molecule is C(=C\c1ccco1)/CNCCSCC1CC1. The highest BCUT2D eigenvalue weighted by atomic mass is 32.2. The Morgan fingerprint density at radius 3 is 3.19 bits per heavy atom. The molecule has 1 aromatic heterocycles. The van der Waals surface area contributed by atoms with Gasteiger partial charge in [0.15, 0.2) is 0 Å². The molecule has 0 aliphatic heterocycles. The summed E-state index contributed by atoms with van der Waals surface area (Å²) in [7, 11) is 0. The molecule has 1 aliphatic rings. The maximum absolute atomic E-state index is 5.19. The Balaban J connectivity index is 1.42. The average Bonchev–Trinajstić information content (AvgIpc) is 2.97. The van der Waals surface area contributed by atoms with E-state index in [2.05, 4.69) is 23.2 Å². The first kappa shape index (κ1) is 11.8. The van der Waals surface area contributed by atoms with Gasteiger partial charge in [-0.15, -0.1) is 0 Å². The summed E-state index contributed by atoms with van der Waals surface area (Å²) < 4.78 is 5.19. The van der Waals surface area contributed by atoms with Crippen molar-refractivity contribution in [1.29, 1.82) is 0 Å². The molecule has 0 amide bonds. The Bertz CT molecular complexity index is 304. The van der Waals surface area contributed by atoms with Gasteiger partial charge in [0.2, 0.25) is 0 Å². The predicted molar refractivity (Wildman–Crippen MR) is 70.7 cm³/mol. The van der Waals surface area contributed by atoms with Gasteiger partial charge < -0.3 is 9.73 Å². The second kappa shape index (κ2) is 6.81. The Hall–Kier alpha value is -0.670. The lowest BCUT2D eigenvalue weighted by molar-refractivity contribution is 0.557. The number of hydrogen-bond acceptors (Lipinski definition) is 3. The van der Waals surface area contributed by atoms with E-state index in [1.165, 1.54) is 24.3 Å². The van der Waals surface area contributed by atoms with Crippen molar-refractivity contribution in [2.45, 2.75) is 12.8 Å². The van der Waals surface area contributed by atoms with Gasteiger partial charge in [0.25, 0.3) is 0 Å². The van der Waals surface area contributed by atoms with Crippen molar-refractivity contribution in [3.63, 3.8) is 0 Å². The molecule has 0 bridgehead atoms. The Morgan fingerprint density at radius 2 is 2.44 bits per heavy atom. The predicted octanol–water partition coefficient (Wildman–Crippen LogP) is 3.03. The number of thioether (sulfide) groups is 1. The highest BCUT2D eigenvalue weighted by Crippen LogP contribution is 2.32. The van der Waals surface area contributed by atoms with Gasteiger partial charge in [-0.05, 0) is 42.7 Å². The van der Waals surface area contributed by atoms with E-state index in [1.54, 1.807) is 6.26 Å². The third kappa shape index (κ3) is 4.90. The van der Waals surface area contributed by atoms with Crippen molar-refractivity contribution < 1.29 is 4.42 Å². The van der Waals surface area contributed by atoms with Gasteiger partial charge >= 0.3 is 0 Å². The second-order valence-corrected chi connectivity index (χ2v) is 5.29. The maximum Gasteiger partial charge on any atom is 0.126 e. The van der Waals surface area contributed by atoms with E-state index in [1.807, 2.05) is 18.2 Å². The number of hydrogen-bond donors (Lipinski definition) is 1. The number of nitrogens with one attached hydrogen (secondary N) is 1. The molecule has 0 atom stereocenters. The normalized spacial score (nSPS) is 16.0. The molecule has 88 valence electrons. The largest absolute Gasteiger partial charge is 0.465 e. The lowest BCUT2D eigenvalue weighted by Crippen LogP contribution is -2.17. The monoisotopic (exact) mass is 237 g/mol. The molecule has 0 saturated heterocycles. The summed E-state index contributed by atoms with van der Waals surface area (Å²) in [5.41, 5.74) is 0. The zero-order chi connectivity index (χ0) is 11.1. The van der Waals surface area contributed by atoms with Crippen LogP contribution in [0.5, 0.6) is 0 Å². The Kier molecular flexibility index (Phi) is 5.03. The zero-order valence-electron chi connectivity index (χ0n) is 9.52. The Labute approximate surface area is 101 Å². The second-order valence-electron chi connectivity index (χ2n) is 4.14. The van der Waals surface area contributed by atoms with E-state index in [-0.39, 0.29) is 0 Å². The number of rotatable bonds is 8. The van der Waals surface area contributed by atoms with E-state index in [4.69, 9.17) is 4.42 Å². The van der Waals surface area contributed by atoms with Gasteiger partial charge in [-0.1, -0.05) is 6.08 Å². The van der Waals surface area contributed by atoms with Crippen LogP contribution in [0.4, 0.5) is 0 Å². The minimum Gasteiger partial charge on any atom is -0.465 e. The lowest BCUT2D eigenvalue weighted by atomic mass is 10.4. The summed E-state index contributed by atoms with van der Waals surface area (Å²) in [5, 5.41) is 3.39. The molecule has 1 N–H and O–H groups in total. The summed E-state index contributed by atoms with van der Waals surface area (Å²) >= 11 is 2.07. The van der Waals surface area contributed by atoms with Gasteiger partial charge in [0.1, 0.15) is 5.76 Å². The van der Waals surface area contributed by atoms with Crippen molar-refractivity contribution in [2.75, 3.05) is 24.6 Å². The van der Waals surface area contributed by atoms with Crippen LogP contribution in [-0.2, 0) is 0 Å². The fourth-order valence-electron chi connectivity index (χ4n) is 1.43. The van der Waals surface area contributed by atoms with E-state index >= 15 is 0 Å². The molecule has 0 radical (unpaired) electrons. The van der Waals surface area contributed by atoms with Crippen molar-refractivity contribution in [2.24, 2.45) is 5.92 Å². The van der Waals surface area contributed by atoms with Crippen LogP contribution in [0.25, 0.3) is 6.08 Å². The van der Waals surface area contributed by atoms with Gasteiger partial charge in [0.05, 0.1) is 6.26 Å². The van der Waals surface area contributed by atoms with Crippen LogP contribution in [0.2, 0.25) is 0 Å². The maximum atomic E-state index is 5.19. The summed E-state index contributed by atoms with van der Waals surface area (Å²) in [6.45, 7) is 2.02. The topological polar surface area (TPSA) is 25.2 Å². The molecule has 0 aromatic carbocycles. The summed E-state index contributed by atoms with van der Waals surface area (Å²) in [4.78, 5) is 0. The molecule has 1 fully saturated rings. The molecule has 1 aliphatic carbocycles. The average molecular weight is 237 g/mol. The van der Waals surface area contributed by atoms with Crippen molar-refractivity contribution in [3.8, 4) is 0 Å². The van der Waals surface area contributed by atoms with Crippen LogP contribution in [0.3, 0.4) is 0 Å². The van der Waals surface area contributed by atoms with Crippen molar-refractivity contribution in [3.05, 3.63) is 30.2 Å². The number of furan rings is 1. The molecular weight excluding hydrogens is 218 g/mol. The molecule has 16 heavy (non-hydrogen) atoms. The molecule has 0 unspecified atom stereocenters. The first-order valence-electron chi connectivity index (χ1n) is 5.93. The minimum absolute atomic E-state index is 0.921. The minimum atomic E-state index is 0.921. The fraction of sp³-hybridized carbons (Fsp3) is 0.538. The van der Waals surface area contributed by atoms with E-state index < -0.39 is 0 Å². The third-order valence-electron chi connectivity index (χ3n) is 2.56. The smallest absolute Gasteiger partial charge is 0.126 e. The summed E-state index contributed by atoms with van der Waals surface area (Å²) in [5.74, 6) is 4.56. The van der Waals surface area contributed by atoms with E-state index in [0.29, 0.717) is 0 Å². The van der Waals surface area contributed by atoms with Crippen LogP contribution in [0.15, 0.2) is 28.9 Å². The van der Waals surface area contributed by atoms with Gasteiger partial charge in [-0.2, -0.15) is 11.8 Å². The zero-order valence-corrected chi connectivity index (χ0v) is 10.3. The molecule has 1 aromatic rings. The van der Waals surface area contributed by atoms with E-state index in [0.717, 1.165) is 24.8 Å². The van der Waals surface area contributed by atoms with Gasteiger partial charge in [-0.25, -0.2) is 0 Å². The van der Waals surface area contributed by atoms with Gasteiger partial charge in [-0.3, -0.25) is 0 Å². The van der Waals surface area contributed by atoms with Crippen LogP contribution < -0.4 is 5.32 Å². The molecule has 1 saturated carbocycles. The van der Waals surface area contributed by atoms with Crippen LogP contribution >= 0.6 is 11.8 Å². The van der Waals surface area contributed by atoms with Gasteiger partial charge in [0, 0.05) is 18.8 Å². The Morgan fingerprint density at radius 1 is 1.50 bits per heavy atom. The molecule has 3 heteroatoms. The fourth-order valence-corrected chi connectivity index (χ4v) is 2.55. The summed E-state index contributed by atoms with van der Waals surface area (Å²) in [6, 6.07) is 3.86. The van der Waals surface area contributed by atoms with Crippen LogP contribution in [-0.4, -0.2) is 24.6 Å². The first-order valence-corrected chi connectivity index (χ1v) is 7.09. The summed E-state index contributed by atoms with van der Waals surface area (Å²) in [6.07, 6.45) is 8.73. The quantitative estimate of drug-likeness (QED) is 0.704. The molecule has 0 spiro atoms. The molecular formula is C13H19NOS. The third-order valence-corrected chi connectivity index (χ3v) is 3.76. The molecule has 2 nitrogen and oxygen atoms in total. The van der Waals surface area contributed by atoms with Crippen molar-refractivity contribution in [1.82, 2.24) is 5.32 Å². The molecule has 2 rings (SSSR count). The lowest BCUT2D eigenvalue weighted by Gasteiger charge is -2.00. The molecule has 1 heterocycles. The standard InChI is InChI=1S/C13H19NOS/c1(3-13-4-2-9-15-13)7-14-8-10-16-11-12-5-6-12/h1-4,9,12,14H,5-8,10-11H2/b3-1+. The highest BCUT2D eigenvalue weighted by molar-refractivity contribution is 7.99.